The quantitative estimate of drug-likeness (QED) is 0.549. The molecule has 0 unspecified atom stereocenters. The van der Waals surface area contributed by atoms with Crippen molar-refractivity contribution >= 4 is 44.3 Å². The Morgan fingerprint density at radius 3 is 3.00 bits per heavy atom. The monoisotopic (exact) mass is 399 g/mol. The van der Waals surface area contributed by atoms with Crippen LogP contribution in [0.1, 0.15) is 11.5 Å². The van der Waals surface area contributed by atoms with Gasteiger partial charge in [0.1, 0.15) is 22.2 Å². The van der Waals surface area contributed by atoms with Crippen LogP contribution in [0.5, 0.6) is 0 Å². The minimum Gasteiger partial charge on any atom is -0.467 e. The molecule has 0 aliphatic heterocycles. The summed E-state index contributed by atoms with van der Waals surface area (Å²) in [5.74, 6) is 1.41. The van der Waals surface area contributed by atoms with Gasteiger partial charge in [-0.15, -0.1) is 0 Å². The van der Waals surface area contributed by atoms with Crippen LogP contribution >= 0.6 is 27.5 Å². The van der Waals surface area contributed by atoms with Crippen molar-refractivity contribution < 1.29 is 13.9 Å². The van der Waals surface area contributed by atoms with Gasteiger partial charge in [0.2, 0.25) is 0 Å². The zero-order chi connectivity index (χ0) is 16.4. The molecule has 0 bridgehead atoms. The Bertz CT molecular complexity index is 804. The number of nitrogens with zero attached hydrogens (tertiary/aromatic N) is 1. The molecule has 0 spiro atoms. The Morgan fingerprint density at radius 2 is 2.30 bits per heavy atom. The van der Waals surface area contributed by atoms with Gasteiger partial charge in [-0.1, -0.05) is 11.6 Å². The third kappa shape index (κ3) is 3.53. The molecule has 4 N–H and O–H groups in total. The lowest BCUT2D eigenvalue weighted by atomic mass is 10.2. The number of aliphatic hydroxyl groups is 1. The van der Waals surface area contributed by atoms with Crippen molar-refractivity contribution in [2.24, 2.45) is 5.73 Å². The molecule has 3 heterocycles. The van der Waals surface area contributed by atoms with Gasteiger partial charge in [0.15, 0.2) is 5.58 Å². The van der Waals surface area contributed by atoms with E-state index in [0.29, 0.717) is 45.1 Å². The Kier molecular flexibility index (Phi) is 4.91. The van der Waals surface area contributed by atoms with Crippen LogP contribution in [0.15, 0.2) is 37.8 Å². The van der Waals surface area contributed by atoms with E-state index >= 15 is 0 Å². The molecule has 6 nitrogen and oxygen atoms in total. The first-order valence-electron chi connectivity index (χ1n) is 6.98. The smallest absolute Gasteiger partial charge is 0.177 e. The van der Waals surface area contributed by atoms with E-state index in [4.69, 9.17) is 31.3 Å². The summed E-state index contributed by atoms with van der Waals surface area (Å²) in [6, 6.07) is 4.99. The number of rotatable bonds is 6. The summed E-state index contributed by atoms with van der Waals surface area (Å²) in [4.78, 5) is 4.29. The molecular weight excluding hydrogens is 386 g/mol. The maximum absolute atomic E-state index is 9.11. The number of fused-ring (bicyclic) bond motifs is 1. The first kappa shape index (κ1) is 16.3. The highest BCUT2D eigenvalue weighted by molar-refractivity contribution is 9.10. The van der Waals surface area contributed by atoms with Gasteiger partial charge in [-0.3, -0.25) is 0 Å². The summed E-state index contributed by atoms with van der Waals surface area (Å²) in [6.07, 6.45) is 2.01. The lowest BCUT2D eigenvalue weighted by molar-refractivity contribution is 0.260. The Balaban J connectivity index is 1.95. The predicted octanol–water partition coefficient (Wildman–Crippen LogP) is 3.31. The second-order valence-electron chi connectivity index (χ2n) is 5.09. The normalized spacial score (nSPS) is 12.7. The number of hydrogen-bond acceptors (Lipinski definition) is 6. The summed E-state index contributed by atoms with van der Waals surface area (Å²) in [6.45, 7) is 0.369. The number of pyridine rings is 1. The van der Waals surface area contributed by atoms with Gasteiger partial charge in [0, 0.05) is 18.5 Å². The van der Waals surface area contributed by atoms with Crippen molar-refractivity contribution in [2.75, 3.05) is 11.9 Å². The van der Waals surface area contributed by atoms with Gasteiger partial charge >= 0.3 is 0 Å². The fourth-order valence-corrected chi connectivity index (χ4v) is 2.92. The molecule has 122 valence electrons. The average molecular weight is 401 g/mol. The molecule has 0 saturated heterocycles. The topological polar surface area (TPSA) is 97.5 Å². The number of hydrogen-bond donors (Lipinski definition) is 3. The van der Waals surface area contributed by atoms with Crippen LogP contribution < -0.4 is 11.1 Å². The average Bonchev–Trinajstić information content (AvgIpc) is 3.15. The van der Waals surface area contributed by atoms with Crippen molar-refractivity contribution in [3.8, 4) is 0 Å². The minimum absolute atomic E-state index is 0.124. The van der Waals surface area contributed by atoms with Gasteiger partial charge in [0.25, 0.3) is 0 Å². The van der Waals surface area contributed by atoms with Crippen molar-refractivity contribution in [1.29, 1.82) is 0 Å². The molecule has 8 heteroatoms. The van der Waals surface area contributed by atoms with Crippen molar-refractivity contribution in [1.82, 2.24) is 4.98 Å². The van der Waals surface area contributed by atoms with Gasteiger partial charge in [0.05, 0.1) is 29.6 Å². The fraction of sp³-hybridized carbons (Fsp3) is 0.267. The summed E-state index contributed by atoms with van der Waals surface area (Å²) < 4.78 is 11.9. The zero-order valence-electron chi connectivity index (χ0n) is 12.1. The van der Waals surface area contributed by atoms with Crippen LogP contribution in [0.2, 0.25) is 5.15 Å². The van der Waals surface area contributed by atoms with Gasteiger partial charge in [-0.05, 0) is 28.1 Å². The lowest BCUT2D eigenvalue weighted by Gasteiger charge is -2.06. The molecule has 23 heavy (non-hydrogen) atoms. The van der Waals surface area contributed by atoms with Crippen LogP contribution in [-0.2, 0) is 13.0 Å². The van der Waals surface area contributed by atoms with Gasteiger partial charge < -0.3 is 25.0 Å². The molecule has 0 aliphatic rings. The van der Waals surface area contributed by atoms with Crippen LogP contribution in [-0.4, -0.2) is 22.7 Å². The molecule has 0 fully saturated rings. The molecule has 1 atom stereocenters. The van der Waals surface area contributed by atoms with E-state index < -0.39 is 6.04 Å². The summed E-state index contributed by atoms with van der Waals surface area (Å²) in [5.41, 5.74) is 7.68. The third-order valence-corrected chi connectivity index (χ3v) is 4.35. The van der Waals surface area contributed by atoms with E-state index in [1.165, 1.54) is 0 Å². The summed E-state index contributed by atoms with van der Waals surface area (Å²) >= 11 is 9.57. The number of nitrogens with one attached hydrogen (secondary N) is 1. The second kappa shape index (κ2) is 6.92. The molecule has 3 aromatic heterocycles. The van der Waals surface area contributed by atoms with Gasteiger partial charge in [-0.2, -0.15) is 0 Å². The Morgan fingerprint density at radius 1 is 1.48 bits per heavy atom. The largest absolute Gasteiger partial charge is 0.467 e. The number of halogens is 2. The highest BCUT2D eigenvalue weighted by Gasteiger charge is 2.19. The van der Waals surface area contributed by atoms with Crippen LogP contribution in [0.3, 0.4) is 0 Å². The zero-order valence-corrected chi connectivity index (χ0v) is 14.4. The maximum atomic E-state index is 9.11. The standard InChI is InChI=1S/C15H15BrClN3O3/c16-13-11(4-8(18)7-21)23-15-10(5-12(17)20-14(13)15)19-6-9-2-1-3-22-9/h1-3,5,8,21H,4,6-7,18H2,(H,19,20)/t8-/m1/s1. The highest BCUT2D eigenvalue weighted by atomic mass is 79.9. The fourth-order valence-electron chi connectivity index (χ4n) is 2.21. The Hall–Kier alpha value is -1.54. The summed E-state index contributed by atoms with van der Waals surface area (Å²) in [7, 11) is 0. The van der Waals surface area contributed by atoms with Crippen molar-refractivity contribution in [2.45, 2.75) is 19.0 Å². The first-order valence-corrected chi connectivity index (χ1v) is 8.15. The van der Waals surface area contributed by atoms with E-state index in [0.717, 1.165) is 5.76 Å². The number of aromatic nitrogens is 1. The molecule has 0 radical (unpaired) electrons. The Labute approximate surface area is 145 Å². The molecule has 0 amide bonds. The molecule has 3 aromatic rings. The number of aliphatic hydroxyl groups excluding tert-OH is 1. The van der Waals surface area contributed by atoms with E-state index in [1.54, 1.807) is 12.3 Å². The summed E-state index contributed by atoms with van der Waals surface area (Å²) in [5, 5.41) is 12.7. The molecule has 0 aromatic carbocycles. The van der Waals surface area contributed by atoms with Gasteiger partial charge in [-0.25, -0.2) is 4.98 Å². The van der Waals surface area contributed by atoms with Crippen LogP contribution in [0.25, 0.3) is 11.1 Å². The highest BCUT2D eigenvalue weighted by Crippen LogP contribution is 2.36. The second-order valence-corrected chi connectivity index (χ2v) is 6.27. The van der Waals surface area contributed by atoms with Crippen LogP contribution in [0, 0.1) is 0 Å². The number of nitrogens with two attached hydrogens (primary N) is 1. The van der Waals surface area contributed by atoms with Crippen LogP contribution in [0.4, 0.5) is 5.69 Å². The number of furan rings is 2. The first-order chi connectivity index (χ1) is 11.1. The van der Waals surface area contributed by atoms with E-state index in [9.17, 15) is 0 Å². The molecule has 0 saturated carbocycles. The maximum Gasteiger partial charge on any atom is 0.177 e. The SMILES string of the molecule is N[C@@H](CO)Cc1oc2c(NCc3ccco3)cc(Cl)nc2c1Br. The molecule has 3 rings (SSSR count). The number of anilines is 1. The van der Waals surface area contributed by atoms with E-state index in [2.05, 4.69) is 26.2 Å². The molecular formula is C15H15BrClN3O3. The van der Waals surface area contributed by atoms with Crippen molar-refractivity contribution in [3.63, 3.8) is 0 Å². The predicted molar refractivity (Wildman–Crippen MR) is 91.5 cm³/mol. The van der Waals surface area contributed by atoms with Crippen molar-refractivity contribution in [3.05, 3.63) is 45.6 Å². The third-order valence-electron chi connectivity index (χ3n) is 3.33. The minimum atomic E-state index is -0.401. The van der Waals surface area contributed by atoms with E-state index in [-0.39, 0.29) is 6.61 Å². The molecule has 0 aliphatic carbocycles. The van der Waals surface area contributed by atoms with E-state index in [1.807, 2.05) is 12.1 Å². The lowest BCUT2D eigenvalue weighted by Crippen LogP contribution is -2.26.